The quantitative estimate of drug-likeness (QED) is 0.848. The second-order valence-electron chi connectivity index (χ2n) is 6.14. The molecule has 0 spiro atoms. The van der Waals surface area contributed by atoms with Gasteiger partial charge in [0, 0.05) is 32.6 Å². The zero-order valence-corrected chi connectivity index (χ0v) is 14.1. The Bertz CT molecular complexity index is 617. The first-order valence-corrected chi connectivity index (χ1v) is 8.61. The molecule has 24 heavy (non-hydrogen) atoms. The summed E-state index contributed by atoms with van der Waals surface area (Å²) >= 11 is 0. The molecule has 1 fully saturated rings. The van der Waals surface area contributed by atoms with Gasteiger partial charge >= 0.3 is 6.09 Å². The Hall–Kier alpha value is -2.24. The highest BCUT2D eigenvalue weighted by atomic mass is 16.6. The fraction of sp³-hybridized carbons (Fsp3) is 0.556. The molecule has 0 aliphatic carbocycles. The second-order valence-corrected chi connectivity index (χ2v) is 6.14. The molecule has 2 amide bonds. The Kier molecular flexibility index (Phi) is 5.23. The van der Waals surface area contributed by atoms with Gasteiger partial charge in [-0.15, -0.1) is 0 Å². The number of ether oxygens (including phenoxy) is 2. The van der Waals surface area contributed by atoms with Gasteiger partial charge < -0.3 is 19.3 Å². The maximum absolute atomic E-state index is 12.6. The maximum atomic E-state index is 12.6. The Labute approximate surface area is 142 Å². The molecule has 0 atom stereocenters. The lowest BCUT2D eigenvalue weighted by atomic mass is 10.1. The van der Waals surface area contributed by atoms with E-state index in [2.05, 4.69) is 6.07 Å². The van der Waals surface area contributed by atoms with E-state index in [1.807, 2.05) is 17.0 Å². The fourth-order valence-electron chi connectivity index (χ4n) is 3.20. The summed E-state index contributed by atoms with van der Waals surface area (Å²) in [6, 6.07) is 5.99. The van der Waals surface area contributed by atoms with Crippen molar-refractivity contribution in [3.63, 3.8) is 0 Å². The highest BCUT2D eigenvalue weighted by Gasteiger charge is 2.23. The molecule has 0 unspecified atom stereocenters. The van der Waals surface area contributed by atoms with E-state index in [1.165, 1.54) is 5.56 Å². The van der Waals surface area contributed by atoms with Crippen molar-refractivity contribution in [1.29, 1.82) is 0 Å². The Morgan fingerprint density at radius 3 is 2.79 bits per heavy atom. The van der Waals surface area contributed by atoms with Gasteiger partial charge in [-0.1, -0.05) is 12.1 Å². The number of benzene rings is 1. The molecule has 2 aliphatic heterocycles. The summed E-state index contributed by atoms with van der Waals surface area (Å²) < 4.78 is 10.5. The Balaban J connectivity index is 1.56. The fourth-order valence-corrected chi connectivity index (χ4v) is 3.20. The topological polar surface area (TPSA) is 59.1 Å². The predicted octanol–water partition coefficient (Wildman–Crippen LogP) is 1.85. The molecular formula is C18H24N2O4. The van der Waals surface area contributed by atoms with Crippen molar-refractivity contribution in [2.45, 2.75) is 26.2 Å². The molecule has 0 N–H and O–H groups in total. The molecule has 0 bridgehead atoms. The van der Waals surface area contributed by atoms with Crippen molar-refractivity contribution < 1.29 is 19.1 Å². The van der Waals surface area contributed by atoms with Crippen LogP contribution in [0, 0.1) is 0 Å². The van der Waals surface area contributed by atoms with Crippen LogP contribution in [-0.4, -0.2) is 61.2 Å². The third-order valence-corrected chi connectivity index (χ3v) is 4.48. The van der Waals surface area contributed by atoms with Gasteiger partial charge in [0.05, 0.1) is 19.6 Å². The van der Waals surface area contributed by atoms with Crippen molar-refractivity contribution in [2.24, 2.45) is 0 Å². The average Bonchev–Trinajstić information content (AvgIpc) is 2.89. The van der Waals surface area contributed by atoms with Crippen LogP contribution in [0.15, 0.2) is 18.2 Å². The molecule has 2 aliphatic rings. The van der Waals surface area contributed by atoms with Gasteiger partial charge in [-0.2, -0.15) is 0 Å². The molecular weight excluding hydrogens is 308 g/mol. The molecule has 0 radical (unpaired) electrons. The first-order chi connectivity index (χ1) is 11.7. The molecule has 6 nitrogen and oxygen atoms in total. The van der Waals surface area contributed by atoms with E-state index in [1.54, 1.807) is 11.8 Å². The first-order valence-electron chi connectivity index (χ1n) is 8.61. The van der Waals surface area contributed by atoms with Crippen LogP contribution in [0.25, 0.3) is 0 Å². The van der Waals surface area contributed by atoms with Crippen molar-refractivity contribution in [1.82, 2.24) is 9.80 Å². The number of carbonyl (C=O) groups is 2. The summed E-state index contributed by atoms with van der Waals surface area (Å²) in [5, 5.41) is 0. The van der Waals surface area contributed by atoms with E-state index in [0.717, 1.165) is 30.8 Å². The van der Waals surface area contributed by atoms with Crippen LogP contribution in [0.4, 0.5) is 4.79 Å². The summed E-state index contributed by atoms with van der Waals surface area (Å²) in [6.45, 7) is 5.31. The number of amides is 2. The van der Waals surface area contributed by atoms with E-state index in [9.17, 15) is 9.59 Å². The molecule has 0 saturated carbocycles. The van der Waals surface area contributed by atoms with Crippen LogP contribution in [-0.2, 0) is 22.4 Å². The van der Waals surface area contributed by atoms with Gasteiger partial charge in [-0.3, -0.25) is 4.79 Å². The second kappa shape index (κ2) is 7.55. The van der Waals surface area contributed by atoms with Crippen LogP contribution < -0.4 is 4.74 Å². The minimum atomic E-state index is -0.287. The molecule has 130 valence electrons. The third-order valence-electron chi connectivity index (χ3n) is 4.48. The maximum Gasteiger partial charge on any atom is 0.409 e. The summed E-state index contributed by atoms with van der Waals surface area (Å²) in [5.74, 6) is 1.05. The number of fused-ring (bicyclic) bond motifs is 1. The lowest BCUT2D eigenvalue weighted by molar-refractivity contribution is -0.130. The van der Waals surface area contributed by atoms with Crippen LogP contribution >= 0.6 is 0 Å². The average molecular weight is 332 g/mol. The van der Waals surface area contributed by atoms with Gasteiger partial charge in [0.15, 0.2) is 0 Å². The van der Waals surface area contributed by atoms with Crippen molar-refractivity contribution in [3.8, 4) is 5.75 Å². The van der Waals surface area contributed by atoms with Crippen LogP contribution in [0.3, 0.4) is 0 Å². The molecule has 0 aromatic heterocycles. The number of hydrogen-bond donors (Lipinski definition) is 0. The van der Waals surface area contributed by atoms with Gasteiger partial charge in [0.1, 0.15) is 5.75 Å². The largest absolute Gasteiger partial charge is 0.493 e. The summed E-state index contributed by atoms with van der Waals surface area (Å²) in [7, 11) is 0. The van der Waals surface area contributed by atoms with Crippen LogP contribution in [0.1, 0.15) is 24.5 Å². The standard InChI is InChI=1S/C18H24N2O4/c1-2-23-18(22)20-8-3-7-19(9-10-20)17(21)13-14-4-5-16-15(12-14)6-11-24-16/h4-5,12H,2-3,6-11,13H2,1H3. The zero-order chi connectivity index (χ0) is 16.9. The molecule has 6 heteroatoms. The van der Waals surface area contributed by atoms with E-state index in [-0.39, 0.29) is 12.0 Å². The molecule has 3 rings (SSSR count). The predicted molar refractivity (Wildman–Crippen MR) is 89.1 cm³/mol. The monoisotopic (exact) mass is 332 g/mol. The lowest BCUT2D eigenvalue weighted by Crippen LogP contribution is -2.38. The summed E-state index contributed by atoms with van der Waals surface area (Å²) in [5.41, 5.74) is 2.21. The number of rotatable bonds is 3. The molecule has 1 saturated heterocycles. The lowest BCUT2D eigenvalue weighted by Gasteiger charge is -2.22. The highest BCUT2D eigenvalue weighted by Crippen LogP contribution is 2.26. The van der Waals surface area contributed by atoms with Crippen LogP contribution in [0.2, 0.25) is 0 Å². The van der Waals surface area contributed by atoms with E-state index in [0.29, 0.717) is 39.2 Å². The van der Waals surface area contributed by atoms with Gasteiger partial charge in [-0.05, 0) is 30.5 Å². The number of nitrogens with zero attached hydrogens (tertiary/aromatic N) is 2. The minimum absolute atomic E-state index is 0.111. The van der Waals surface area contributed by atoms with E-state index in [4.69, 9.17) is 9.47 Å². The van der Waals surface area contributed by atoms with Gasteiger partial charge in [0.25, 0.3) is 0 Å². The Morgan fingerprint density at radius 2 is 1.96 bits per heavy atom. The SMILES string of the molecule is CCOC(=O)N1CCCN(C(=O)Cc2ccc3c(c2)CCO3)CC1. The van der Waals surface area contributed by atoms with Gasteiger partial charge in [0.2, 0.25) is 5.91 Å². The van der Waals surface area contributed by atoms with Crippen molar-refractivity contribution in [2.75, 3.05) is 39.4 Å². The smallest absolute Gasteiger partial charge is 0.409 e. The summed E-state index contributed by atoms with van der Waals surface area (Å²) in [4.78, 5) is 27.9. The van der Waals surface area contributed by atoms with E-state index >= 15 is 0 Å². The number of hydrogen-bond acceptors (Lipinski definition) is 4. The zero-order valence-electron chi connectivity index (χ0n) is 14.1. The van der Waals surface area contributed by atoms with Gasteiger partial charge in [-0.25, -0.2) is 4.79 Å². The molecule has 2 heterocycles. The van der Waals surface area contributed by atoms with E-state index < -0.39 is 0 Å². The third kappa shape index (κ3) is 3.80. The molecule has 1 aromatic rings. The number of carbonyl (C=O) groups excluding carboxylic acids is 2. The van der Waals surface area contributed by atoms with Crippen molar-refractivity contribution in [3.05, 3.63) is 29.3 Å². The highest BCUT2D eigenvalue weighted by molar-refractivity contribution is 5.79. The molecule has 1 aromatic carbocycles. The Morgan fingerprint density at radius 1 is 1.17 bits per heavy atom. The minimum Gasteiger partial charge on any atom is -0.493 e. The first kappa shape index (κ1) is 16.6. The van der Waals surface area contributed by atoms with Crippen LogP contribution in [0.5, 0.6) is 5.75 Å². The normalized spacial score (nSPS) is 17.0. The van der Waals surface area contributed by atoms with Crippen molar-refractivity contribution >= 4 is 12.0 Å². The summed E-state index contributed by atoms with van der Waals surface area (Å²) in [6.07, 6.45) is 1.80.